The number of halogens is 4. The molecule has 0 atom stereocenters. The topological polar surface area (TPSA) is 95.1 Å². The van der Waals surface area contributed by atoms with Crippen LogP contribution >= 0.6 is 11.6 Å². The van der Waals surface area contributed by atoms with Gasteiger partial charge in [0.1, 0.15) is 0 Å². The highest BCUT2D eigenvalue weighted by molar-refractivity contribution is 6.32. The molecular weight excluding hydrogens is 399 g/mol. The van der Waals surface area contributed by atoms with Gasteiger partial charge in [0.2, 0.25) is 5.91 Å². The van der Waals surface area contributed by atoms with Crippen molar-refractivity contribution in [3.05, 3.63) is 35.6 Å². The molecule has 2 heterocycles. The molecule has 0 bridgehead atoms. The lowest BCUT2D eigenvalue weighted by molar-refractivity contribution is -0.192. The van der Waals surface area contributed by atoms with Crippen molar-refractivity contribution < 1.29 is 27.9 Å². The van der Waals surface area contributed by atoms with Gasteiger partial charge in [0.05, 0.1) is 22.9 Å². The van der Waals surface area contributed by atoms with Gasteiger partial charge in [0, 0.05) is 27.4 Å². The van der Waals surface area contributed by atoms with Crippen molar-refractivity contribution in [1.29, 1.82) is 0 Å². The number of benzene rings is 1. The standard InChI is InChI=1S/C16H16ClN3O.C2HF3O2/c1-16(2,3)15(21)20-12-7-9(17)6-11-10-4-5-18-8-13(10)19-14(11)12;3-2(4,5)1(6)7/h4-8,19H,1-3H3,(H,20,21);(H,6,7). The number of rotatable bonds is 1. The first-order chi connectivity index (χ1) is 12.8. The first kappa shape index (κ1) is 21.5. The number of aromatic nitrogens is 2. The van der Waals surface area contributed by atoms with Crippen LogP contribution in [0.15, 0.2) is 30.6 Å². The van der Waals surface area contributed by atoms with E-state index in [2.05, 4.69) is 15.3 Å². The molecule has 2 aromatic heterocycles. The van der Waals surface area contributed by atoms with Gasteiger partial charge < -0.3 is 15.4 Å². The van der Waals surface area contributed by atoms with Gasteiger partial charge >= 0.3 is 12.1 Å². The summed E-state index contributed by atoms with van der Waals surface area (Å²) in [6, 6.07) is 5.58. The molecule has 3 N–H and O–H groups in total. The fourth-order valence-electron chi connectivity index (χ4n) is 2.23. The number of carboxylic acid groups (broad SMARTS) is 1. The Labute approximate surface area is 162 Å². The molecule has 0 unspecified atom stereocenters. The lowest BCUT2D eigenvalue weighted by atomic mass is 9.95. The predicted molar refractivity (Wildman–Crippen MR) is 100 cm³/mol. The number of hydrogen-bond donors (Lipinski definition) is 3. The summed E-state index contributed by atoms with van der Waals surface area (Å²) in [6.45, 7) is 5.62. The molecule has 0 saturated carbocycles. The van der Waals surface area contributed by atoms with Crippen LogP contribution < -0.4 is 5.32 Å². The van der Waals surface area contributed by atoms with Gasteiger partial charge in [-0.05, 0) is 18.2 Å². The number of carboxylic acids is 1. The maximum absolute atomic E-state index is 12.2. The summed E-state index contributed by atoms with van der Waals surface area (Å²) < 4.78 is 31.7. The monoisotopic (exact) mass is 415 g/mol. The molecule has 10 heteroatoms. The van der Waals surface area contributed by atoms with Crippen molar-refractivity contribution in [1.82, 2.24) is 9.97 Å². The number of aromatic amines is 1. The average Bonchev–Trinajstić information content (AvgIpc) is 2.92. The quantitative estimate of drug-likeness (QED) is 0.522. The van der Waals surface area contributed by atoms with E-state index in [1.54, 1.807) is 18.5 Å². The largest absolute Gasteiger partial charge is 0.490 e. The molecule has 0 spiro atoms. The zero-order chi connectivity index (χ0) is 21.3. The van der Waals surface area contributed by atoms with Gasteiger partial charge in [-0.15, -0.1) is 0 Å². The van der Waals surface area contributed by atoms with E-state index in [4.69, 9.17) is 21.5 Å². The Kier molecular flexibility index (Phi) is 5.88. The highest BCUT2D eigenvalue weighted by Crippen LogP contribution is 2.33. The van der Waals surface area contributed by atoms with Crippen molar-refractivity contribution >= 4 is 51.0 Å². The molecule has 0 aliphatic carbocycles. The number of nitrogens with one attached hydrogen (secondary N) is 2. The number of pyridine rings is 1. The SMILES string of the molecule is CC(C)(C)C(=O)Nc1cc(Cl)cc2c1[nH]c1cnccc12.O=C(O)C(F)(F)F. The molecule has 1 amide bonds. The minimum absolute atomic E-state index is 0.0529. The summed E-state index contributed by atoms with van der Waals surface area (Å²) in [5, 5.41) is 12.7. The Bertz CT molecular complexity index is 1040. The van der Waals surface area contributed by atoms with Crippen LogP contribution in [0.2, 0.25) is 5.02 Å². The second-order valence-corrected chi connectivity index (χ2v) is 7.37. The number of hydrogen-bond acceptors (Lipinski definition) is 3. The van der Waals surface area contributed by atoms with Crippen molar-refractivity contribution in [2.24, 2.45) is 5.41 Å². The minimum Gasteiger partial charge on any atom is -0.475 e. The Morgan fingerprint density at radius 2 is 1.79 bits per heavy atom. The van der Waals surface area contributed by atoms with Gasteiger partial charge in [0.15, 0.2) is 0 Å². The molecule has 1 aromatic carbocycles. The second-order valence-electron chi connectivity index (χ2n) is 6.93. The lowest BCUT2D eigenvalue weighted by Crippen LogP contribution is -2.27. The lowest BCUT2D eigenvalue weighted by Gasteiger charge is -2.18. The Morgan fingerprint density at radius 3 is 2.32 bits per heavy atom. The van der Waals surface area contributed by atoms with Crippen molar-refractivity contribution in [2.75, 3.05) is 5.32 Å². The first-order valence-corrected chi connectivity index (χ1v) is 8.35. The van der Waals surface area contributed by atoms with E-state index in [9.17, 15) is 18.0 Å². The fourth-order valence-corrected chi connectivity index (χ4v) is 2.44. The van der Waals surface area contributed by atoms with Crippen LogP contribution in [0.25, 0.3) is 21.8 Å². The van der Waals surface area contributed by atoms with Gasteiger partial charge in [0.25, 0.3) is 0 Å². The Balaban J connectivity index is 0.000000345. The van der Waals surface area contributed by atoms with Crippen LogP contribution in [0, 0.1) is 5.41 Å². The maximum atomic E-state index is 12.2. The van der Waals surface area contributed by atoms with Crippen molar-refractivity contribution in [3.63, 3.8) is 0 Å². The third-order valence-corrected chi connectivity index (χ3v) is 3.86. The van der Waals surface area contributed by atoms with E-state index >= 15 is 0 Å². The van der Waals surface area contributed by atoms with E-state index in [0.717, 1.165) is 21.8 Å². The molecule has 150 valence electrons. The molecule has 0 fully saturated rings. The first-order valence-electron chi connectivity index (χ1n) is 7.97. The van der Waals surface area contributed by atoms with Gasteiger partial charge in [-0.25, -0.2) is 4.79 Å². The van der Waals surface area contributed by atoms with E-state index in [1.165, 1.54) is 0 Å². The molecular formula is C18H17ClF3N3O3. The molecule has 0 aliphatic rings. The van der Waals surface area contributed by atoms with Crippen LogP contribution in [0.4, 0.5) is 18.9 Å². The zero-order valence-corrected chi connectivity index (χ0v) is 15.9. The molecule has 6 nitrogen and oxygen atoms in total. The normalized spacial score (nSPS) is 11.8. The summed E-state index contributed by atoms with van der Waals surface area (Å²) in [5.74, 6) is -2.81. The molecule has 0 aliphatic heterocycles. The second kappa shape index (κ2) is 7.67. The average molecular weight is 416 g/mol. The van der Waals surface area contributed by atoms with Crippen LogP contribution in [-0.2, 0) is 9.59 Å². The third kappa shape index (κ3) is 4.92. The number of carbonyl (C=O) groups excluding carboxylic acids is 1. The molecule has 3 aromatic rings. The van der Waals surface area contributed by atoms with E-state index < -0.39 is 17.6 Å². The zero-order valence-electron chi connectivity index (χ0n) is 15.1. The summed E-state index contributed by atoms with van der Waals surface area (Å²) in [7, 11) is 0. The number of alkyl halides is 3. The summed E-state index contributed by atoms with van der Waals surface area (Å²) in [6.07, 6.45) is -1.58. The van der Waals surface area contributed by atoms with Crippen LogP contribution in [0.1, 0.15) is 20.8 Å². The fraction of sp³-hybridized carbons (Fsp3) is 0.278. The Morgan fingerprint density at radius 1 is 1.18 bits per heavy atom. The van der Waals surface area contributed by atoms with Gasteiger partial charge in [-0.2, -0.15) is 13.2 Å². The van der Waals surface area contributed by atoms with E-state index in [-0.39, 0.29) is 5.91 Å². The van der Waals surface area contributed by atoms with Crippen LogP contribution in [0.5, 0.6) is 0 Å². The number of amides is 1. The number of H-pyrrole nitrogens is 1. The van der Waals surface area contributed by atoms with Crippen molar-refractivity contribution in [3.8, 4) is 0 Å². The number of aliphatic carboxylic acids is 1. The summed E-state index contributed by atoms with van der Waals surface area (Å²) in [5.41, 5.74) is 2.00. The highest BCUT2D eigenvalue weighted by Gasteiger charge is 2.38. The van der Waals surface area contributed by atoms with Gasteiger partial charge in [-0.1, -0.05) is 32.4 Å². The van der Waals surface area contributed by atoms with Crippen LogP contribution in [-0.4, -0.2) is 33.1 Å². The smallest absolute Gasteiger partial charge is 0.475 e. The summed E-state index contributed by atoms with van der Waals surface area (Å²) >= 11 is 6.20. The molecule has 0 saturated heterocycles. The predicted octanol–water partition coefficient (Wildman–Crippen LogP) is 4.99. The molecule has 28 heavy (non-hydrogen) atoms. The number of nitrogens with zero attached hydrogens (tertiary/aromatic N) is 1. The Hall–Kier alpha value is -2.81. The molecule has 0 radical (unpaired) electrons. The number of anilines is 1. The third-order valence-electron chi connectivity index (χ3n) is 3.65. The van der Waals surface area contributed by atoms with Crippen LogP contribution in [0.3, 0.4) is 0 Å². The van der Waals surface area contributed by atoms with E-state index in [1.807, 2.05) is 32.9 Å². The number of carbonyl (C=O) groups is 2. The summed E-state index contributed by atoms with van der Waals surface area (Å²) in [4.78, 5) is 28.5. The van der Waals surface area contributed by atoms with Crippen molar-refractivity contribution in [2.45, 2.75) is 26.9 Å². The number of fused-ring (bicyclic) bond motifs is 3. The molecule has 3 rings (SSSR count). The minimum atomic E-state index is -5.08. The van der Waals surface area contributed by atoms with Gasteiger partial charge in [-0.3, -0.25) is 9.78 Å². The van der Waals surface area contributed by atoms with E-state index in [0.29, 0.717) is 10.7 Å². The highest BCUT2D eigenvalue weighted by atomic mass is 35.5. The maximum Gasteiger partial charge on any atom is 0.490 e.